The largest absolute Gasteiger partial charge is 0.478 e. The summed E-state index contributed by atoms with van der Waals surface area (Å²) in [5.41, 5.74) is 8.18. The Hall–Kier alpha value is -2.82. The van der Waals surface area contributed by atoms with Gasteiger partial charge in [-0.2, -0.15) is 0 Å². The lowest BCUT2D eigenvalue weighted by atomic mass is 10.0. The van der Waals surface area contributed by atoms with E-state index in [9.17, 15) is 9.90 Å². The number of fused-ring (bicyclic) bond motifs is 1. The quantitative estimate of drug-likeness (QED) is 0.667. The Kier molecular flexibility index (Phi) is 4.96. The summed E-state index contributed by atoms with van der Waals surface area (Å²) in [5, 5.41) is 13.2. The van der Waals surface area contributed by atoms with E-state index in [1.165, 1.54) is 16.7 Å². The number of carbonyl (C=O) groups is 1. The Bertz CT molecular complexity index is 1010. The van der Waals surface area contributed by atoms with Gasteiger partial charge in [0.15, 0.2) is 5.65 Å². The number of pyridine rings is 1. The summed E-state index contributed by atoms with van der Waals surface area (Å²) in [6.07, 6.45) is 0. The van der Waals surface area contributed by atoms with E-state index >= 15 is 0 Å². The minimum Gasteiger partial charge on any atom is -0.478 e. The van der Waals surface area contributed by atoms with Gasteiger partial charge >= 0.3 is 5.97 Å². The number of carboxylic acid groups (broad SMARTS) is 1. The molecule has 0 bridgehead atoms. The second-order valence-corrected chi connectivity index (χ2v) is 7.48. The molecule has 0 aliphatic heterocycles. The molecule has 0 unspecified atom stereocenters. The van der Waals surface area contributed by atoms with Gasteiger partial charge in [-0.1, -0.05) is 32.0 Å². The predicted octanol–water partition coefficient (Wildman–Crippen LogP) is 5.00. The summed E-state index contributed by atoms with van der Waals surface area (Å²) in [4.78, 5) is 16.7. The predicted molar refractivity (Wildman–Crippen MR) is 109 cm³/mol. The topological polar surface area (TPSA) is 66.6 Å². The number of anilines is 1. The Balaban J connectivity index is 2.17. The first-order chi connectivity index (χ1) is 12.7. The molecule has 3 rings (SSSR count). The van der Waals surface area contributed by atoms with Crippen molar-refractivity contribution in [3.05, 3.63) is 63.6 Å². The third-order valence-corrected chi connectivity index (χ3v) is 5.27. The molecule has 2 aromatic heterocycles. The van der Waals surface area contributed by atoms with Crippen molar-refractivity contribution in [3.63, 3.8) is 0 Å². The average molecular weight is 365 g/mol. The van der Waals surface area contributed by atoms with Crippen LogP contribution in [0, 0.1) is 27.7 Å². The number of aryl methyl sites for hydroxylation is 4. The van der Waals surface area contributed by atoms with Crippen LogP contribution in [0.5, 0.6) is 0 Å². The third-order valence-electron chi connectivity index (χ3n) is 5.27. The van der Waals surface area contributed by atoms with Crippen molar-refractivity contribution in [2.24, 2.45) is 0 Å². The lowest BCUT2D eigenvalue weighted by Crippen LogP contribution is -2.13. The molecular formula is C22H27N3O2. The maximum absolute atomic E-state index is 12.0. The van der Waals surface area contributed by atoms with E-state index in [1.807, 2.05) is 38.2 Å². The van der Waals surface area contributed by atoms with Crippen LogP contribution in [0.2, 0.25) is 0 Å². The van der Waals surface area contributed by atoms with Crippen LogP contribution in [0.15, 0.2) is 24.3 Å². The van der Waals surface area contributed by atoms with Gasteiger partial charge in [-0.15, -0.1) is 0 Å². The molecule has 0 fully saturated rings. The smallest absolute Gasteiger partial charge is 0.337 e. The van der Waals surface area contributed by atoms with E-state index < -0.39 is 5.97 Å². The van der Waals surface area contributed by atoms with E-state index in [0.717, 1.165) is 28.4 Å². The van der Waals surface area contributed by atoms with Crippen LogP contribution < -0.4 is 5.32 Å². The molecule has 3 aromatic rings. The Morgan fingerprint density at radius 2 is 1.81 bits per heavy atom. The highest BCUT2D eigenvalue weighted by molar-refractivity contribution is 5.92. The van der Waals surface area contributed by atoms with Gasteiger partial charge in [0, 0.05) is 17.9 Å². The summed E-state index contributed by atoms with van der Waals surface area (Å²) in [7, 11) is 0. The summed E-state index contributed by atoms with van der Waals surface area (Å²) in [6.45, 7) is 12.8. The molecule has 0 aliphatic rings. The first-order valence-electron chi connectivity index (χ1n) is 9.27. The number of hydrogen-bond donors (Lipinski definition) is 2. The molecule has 0 spiro atoms. The highest BCUT2D eigenvalue weighted by atomic mass is 16.4. The van der Waals surface area contributed by atoms with Crippen molar-refractivity contribution in [2.45, 2.75) is 54.0 Å². The van der Waals surface area contributed by atoms with E-state index in [0.29, 0.717) is 12.1 Å². The Labute approximate surface area is 160 Å². The van der Waals surface area contributed by atoms with Crippen LogP contribution >= 0.6 is 0 Å². The first kappa shape index (κ1) is 19.0. The van der Waals surface area contributed by atoms with Crippen LogP contribution in [-0.2, 0) is 6.54 Å². The maximum Gasteiger partial charge on any atom is 0.337 e. The van der Waals surface area contributed by atoms with Gasteiger partial charge in [-0.05, 0) is 56.4 Å². The van der Waals surface area contributed by atoms with Crippen LogP contribution in [0.4, 0.5) is 5.69 Å². The Morgan fingerprint density at radius 3 is 2.37 bits per heavy atom. The van der Waals surface area contributed by atoms with Gasteiger partial charge in [-0.25, -0.2) is 9.78 Å². The van der Waals surface area contributed by atoms with Gasteiger partial charge in [0.25, 0.3) is 0 Å². The van der Waals surface area contributed by atoms with Crippen LogP contribution in [0.3, 0.4) is 0 Å². The van der Waals surface area contributed by atoms with Crippen molar-refractivity contribution >= 4 is 17.3 Å². The lowest BCUT2D eigenvalue weighted by molar-refractivity contribution is 0.0694. The number of hydrogen-bond acceptors (Lipinski definition) is 3. The normalized spacial score (nSPS) is 11.4. The van der Waals surface area contributed by atoms with Gasteiger partial charge < -0.3 is 10.4 Å². The number of benzene rings is 1. The fraction of sp³-hybridized carbons (Fsp3) is 0.364. The molecule has 0 aliphatic carbocycles. The molecule has 2 heterocycles. The molecule has 0 amide bonds. The van der Waals surface area contributed by atoms with Crippen molar-refractivity contribution in [3.8, 4) is 0 Å². The highest BCUT2D eigenvalue weighted by Gasteiger charge is 2.22. The van der Waals surface area contributed by atoms with E-state index in [4.69, 9.17) is 4.98 Å². The zero-order valence-electron chi connectivity index (χ0n) is 16.8. The number of nitrogens with one attached hydrogen (secondary N) is 1. The van der Waals surface area contributed by atoms with Crippen molar-refractivity contribution in [1.82, 2.24) is 9.38 Å². The molecule has 5 heteroatoms. The molecule has 0 radical (unpaired) electrons. The third kappa shape index (κ3) is 3.29. The van der Waals surface area contributed by atoms with E-state index in [-0.39, 0.29) is 5.92 Å². The number of imidazole rings is 1. The number of rotatable bonds is 5. The number of nitrogens with zero attached hydrogens (tertiary/aromatic N) is 2. The molecule has 0 atom stereocenters. The Morgan fingerprint density at radius 1 is 1.19 bits per heavy atom. The summed E-state index contributed by atoms with van der Waals surface area (Å²) >= 11 is 0. The van der Waals surface area contributed by atoms with Gasteiger partial charge in [-0.3, -0.25) is 4.40 Å². The average Bonchev–Trinajstić information content (AvgIpc) is 2.89. The highest BCUT2D eigenvalue weighted by Crippen LogP contribution is 2.30. The molecule has 0 saturated heterocycles. The molecule has 142 valence electrons. The van der Waals surface area contributed by atoms with Crippen LogP contribution in [0.1, 0.15) is 63.9 Å². The van der Waals surface area contributed by atoms with Gasteiger partial charge in [0.05, 0.1) is 16.9 Å². The standard InChI is InChI=1S/C22H27N3O2/c1-12(2)20-17(22(26)27)10-19(21-24-15(5)16(6)25(20)21)23-11-18-13(3)8-7-9-14(18)4/h7-10,12,23H,11H2,1-6H3,(H,26,27). The van der Waals surface area contributed by atoms with Crippen LogP contribution in [-0.4, -0.2) is 20.5 Å². The molecule has 27 heavy (non-hydrogen) atoms. The first-order valence-corrected chi connectivity index (χ1v) is 9.27. The molecular weight excluding hydrogens is 338 g/mol. The second-order valence-electron chi connectivity index (χ2n) is 7.48. The number of aromatic nitrogens is 2. The fourth-order valence-corrected chi connectivity index (χ4v) is 3.67. The number of aromatic carboxylic acids is 1. The van der Waals surface area contributed by atoms with Crippen molar-refractivity contribution < 1.29 is 9.90 Å². The second kappa shape index (κ2) is 7.06. The molecule has 1 aromatic carbocycles. The zero-order chi connectivity index (χ0) is 19.9. The zero-order valence-corrected chi connectivity index (χ0v) is 16.8. The van der Waals surface area contributed by atoms with Gasteiger partial charge in [0.2, 0.25) is 0 Å². The van der Waals surface area contributed by atoms with Crippen molar-refractivity contribution in [1.29, 1.82) is 0 Å². The van der Waals surface area contributed by atoms with Crippen LogP contribution in [0.25, 0.3) is 5.65 Å². The van der Waals surface area contributed by atoms with E-state index in [2.05, 4.69) is 31.3 Å². The number of carboxylic acids is 1. The van der Waals surface area contributed by atoms with Crippen molar-refractivity contribution in [2.75, 3.05) is 5.32 Å². The minimum absolute atomic E-state index is 0.0681. The summed E-state index contributed by atoms with van der Waals surface area (Å²) in [5.74, 6) is -0.847. The fourth-order valence-electron chi connectivity index (χ4n) is 3.67. The SMILES string of the molecule is Cc1cccc(C)c1CNc1cc(C(=O)O)c(C(C)C)n2c(C)c(C)nc12. The minimum atomic E-state index is -0.915. The van der Waals surface area contributed by atoms with E-state index in [1.54, 1.807) is 6.07 Å². The lowest BCUT2D eigenvalue weighted by Gasteiger charge is -2.18. The molecule has 2 N–H and O–H groups in total. The molecule has 0 saturated carbocycles. The monoisotopic (exact) mass is 365 g/mol. The van der Waals surface area contributed by atoms with Gasteiger partial charge in [0.1, 0.15) is 0 Å². The summed E-state index contributed by atoms with van der Waals surface area (Å²) < 4.78 is 2.00. The summed E-state index contributed by atoms with van der Waals surface area (Å²) in [6, 6.07) is 7.96. The molecule has 5 nitrogen and oxygen atoms in total. The maximum atomic E-state index is 12.0.